The fourth-order valence-electron chi connectivity index (χ4n) is 3.89. The van der Waals surface area contributed by atoms with E-state index >= 15 is 0 Å². The quantitative estimate of drug-likeness (QED) is 0.457. The van der Waals surface area contributed by atoms with E-state index in [9.17, 15) is 9.59 Å². The van der Waals surface area contributed by atoms with Gasteiger partial charge in [-0.05, 0) is 11.1 Å². The predicted molar refractivity (Wildman–Crippen MR) is 122 cm³/mol. The molecule has 0 saturated carbocycles. The number of hydrogen-bond donors (Lipinski definition) is 0. The highest BCUT2D eigenvalue weighted by Crippen LogP contribution is 2.25. The number of hydrogen-bond acceptors (Lipinski definition) is 3. The lowest BCUT2D eigenvalue weighted by molar-refractivity contribution is 0.707. The minimum atomic E-state index is -0.392. The first-order valence-corrected chi connectivity index (χ1v) is 10.0. The highest BCUT2D eigenvalue weighted by Gasteiger charge is 2.20. The molecule has 2 aromatic carbocycles. The average molecular weight is 411 g/mol. The summed E-state index contributed by atoms with van der Waals surface area (Å²) in [5, 5.41) is 0. The maximum absolute atomic E-state index is 12.9. The van der Waals surface area contributed by atoms with Crippen LogP contribution in [0.4, 0.5) is 0 Å². The van der Waals surface area contributed by atoms with Crippen molar-refractivity contribution in [1.29, 1.82) is 0 Å². The molecule has 0 N–H and O–H groups in total. The zero-order valence-electron chi connectivity index (χ0n) is 17.3. The van der Waals surface area contributed by atoms with E-state index in [4.69, 9.17) is 4.98 Å². The Labute approximate surface area is 177 Å². The second kappa shape index (κ2) is 7.28. The van der Waals surface area contributed by atoms with Crippen molar-refractivity contribution in [2.75, 3.05) is 0 Å². The number of allylic oxidation sites excluding steroid dienone is 1. The molecule has 0 atom stereocenters. The van der Waals surface area contributed by atoms with Gasteiger partial charge in [-0.15, -0.1) is 0 Å². The summed E-state index contributed by atoms with van der Waals surface area (Å²) in [5.41, 5.74) is 3.09. The third kappa shape index (κ3) is 3.02. The van der Waals surface area contributed by atoms with Crippen LogP contribution in [0.2, 0.25) is 0 Å². The number of fused-ring (bicyclic) bond motifs is 3. The molecular weight excluding hydrogens is 390 g/mol. The van der Waals surface area contributed by atoms with Gasteiger partial charge in [0, 0.05) is 26.8 Å². The van der Waals surface area contributed by atoms with Gasteiger partial charge in [0.1, 0.15) is 0 Å². The van der Waals surface area contributed by atoms with Crippen LogP contribution in [0.1, 0.15) is 5.56 Å². The molecule has 0 fully saturated rings. The third-order valence-corrected chi connectivity index (χ3v) is 5.52. The first kappa shape index (κ1) is 18.9. The van der Waals surface area contributed by atoms with Gasteiger partial charge in [-0.25, -0.2) is 4.79 Å². The first-order chi connectivity index (χ1) is 15.1. The van der Waals surface area contributed by atoms with Crippen LogP contribution < -0.4 is 11.2 Å². The summed E-state index contributed by atoms with van der Waals surface area (Å²) in [4.78, 5) is 30.0. The van der Waals surface area contributed by atoms with Crippen LogP contribution in [0.3, 0.4) is 0 Å². The number of benzene rings is 2. The van der Waals surface area contributed by atoms with Crippen LogP contribution in [0.5, 0.6) is 0 Å². The van der Waals surface area contributed by atoms with Crippen molar-refractivity contribution in [3.05, 3.63) is 99.3 Å². The van der Waals surface area contributed by atoms with Gasteiger partial charge in [0.25, 0.3) is 5.56 Å². The maximum atomic E-state index is 12.9. The van der Waals surface area contributed by atoms with Crippen LogP contribution in [0.15, 0.2) is 82.5 Å². The van der Waals surface area contributed by atoms with Crippen LogP contribution in [0.25, 0.3) is 34.3 Å². The van der Waals surface area contributed by atoms with Crippen molar-refractivity contribution >= 4 is 23.0 Å². The van der Waals surface area contributed by atoms with Crippen molar-refractivity contribution in [3.63, 3.8) is 0 Å². The van der Waals surface area contributed by atoms with E-state index < -0.39 is 5.69 Å². The number of nitrogens with zero attached hydrogens (tertiary/aromatic N) is 5. The van der Waals surface area contributed by atoms with Gasteiger partial charge in [0.05, 0.1) is 5.69 Å². The van der Waals surface area contributed by atoms with Crippen molar-refractivity contribution in [2.24, 2.45) is 14.1 Å². The Morgan fingerprint density at radius 1 is 0.903 bits per heavy atom. The molecule has 0 saturated heterocycles. The van der Waals surface area contributed by atoms with E-state index in [0.29, 0.717) is 23.5 Å². The van der Waals surface area contributed by atoms with E-state index in [1.807, 2.05) is 66.9 Å². The highest BCUT2D eigenvalue weighted by molar-refractivity contribution is 5.78. The normalized spacial score (nSPS) is 11.8. The van der Waals surface area contributed by atoms with Gasteiger partial charge < -0.3 is 4.57 Å². The minimum absolute atomic E-state index is 0.359. The standard InChI is InChI=1S/C24H21N5O2/c1-26-21-20(22(30)27(2)24(26)31)29-16-19(18-13-7-4-8-14-18)28(23(29)25-21)15-9-12-17-10-5-3-6-11-17/h3-14,16H,15H2,1-2H3/b12-9-. The topological polar surface area (TPSA) is 66.2 Å². The van der Waals surface area contributed by atoms with Crippen LogP contribution >= 0.6 is 0 Å². The molecule has 0 aliphatic heterocycles. The van der Waals surface area contributed by atoms with E-state index in [1.165, 1.54) is 11.6 Å². The lowest BCUT2D eigenvalue weighted by atomic mass is 10.1. The van der Waals surface area contributed by atoms with E-state index in [2.05, 4.69) is 16.7 Å². The van der Waals surface area contributed by atoms with E-state index in [1.54, 1.807) is 11.4 Å². The molecule has 0 amide bonds. The number of rotatable bonds is 4. The Morgan fingerprint density at radius 3 is 2.29 bits per heavy atom. The van der Waals surface area contributed by atoms with Crippen LogP contribution in [-0.2, 0) is 20.6 Å². The van der Waals surface area contributed by atoms with Crippen molar-refractivity contribution in [1.82, 2.24) is 23.1 Å². The Morgan fingerprint density at radius 2 is 1.58 bits per heavy atom. The summed E-state index contributed by atoms with van der Waals surface area (Å²) >= 11 is 0. The molecule has 3 heterocycles. The lowest BCUT2D eigenvalue weighted by Gasteiger charge is -2.06. The summed E-state index contributed by atoms with van der Waals surface area (Å²) in [5.74, 6) is 0.616. The molecule has 0 unspecified atom stereocenters. The van der Waals surface area contributed by atoms with Crippen LogP contribution in [0, 0.1) is 0 Å². The summed E-state index contributed by atoms with van der Waals surface area (Å²) in [6.45, 7) is 0.563. The molecule has 0 aliphatic carbocycles. The fourth-order valence-corrected chi connectivity index (χ4v) is 3.89. The minimum Gasteiger partial charge on any atom is -0.306 e. The highest BCUT2D eigenvalue weighted by atomic mass is 16.2. The van der Waals surface area contributed by atoms with E-state index in [-0.39, 0.29) is 5.56 Å². The molecule has 154 valence electrons. The predicted octanol–water partition coefficient (Wildman–Crippen LogP) is 3.07. The monoisotopic (exact) mass is 411 g/mol. The third-order valence-electron chi connectivity index (χ3n) is 5.52. The summed E-state index contributed by atoms with van der Waals surface area (Å²) < 4.78 is 6.37. The largest absolute Gasteiger partial charge is 0.332 e. The molecule has 5 rings (SSSR count). The molecule has 7 nitrogen and oxygen atoms in total. The SMILES string of the molecule is Cn1c(=O)c2c(nc3n(C/C=C\c4ccccc4)c(-c4ccccc4)cn23)n(C)c1=O. The fraction of sp³-hybridized carbons (Fsp3) is 0.125. The van der Waals surface area contributed by atoms with Crippen molar-refractivity contribution in [3.8, 4) is 11.3 Å². The number of aromatic nitrogens is 5. The molecular formula is C24H21N5O2. The summed E-state index contributed by atoms with van der Waals surface area (Å²) in [6.07, 6.45) is 6.04. The zero-order valence-corrected chi connectivity index (χ0v) is 17.3. The summed E-state index contributed by atoms with van der Waals surface area (Å²) in [7, 11) is 3.12. The summed E-state index contributed by atoms with van der Waals surface area (Å²) in [6, 6.07) is 20.1. The molecule has 0 aliphatic rings. The van der Waals surface area contributed by atoms with Gasteiger partial charge in [-0.2, -0.15) is 4.98 Å². The Hall–Kier alpha value is -4.13. The molecule has 0 radical (unpaired) electrons. The maximum Gasteiger partial charge on any atom is 0.332 e. The van der Waals surface area contributed by atoms with Crippen LogP contribution in [-0.4, -0.2) is 23.1 Å². The zero-order chi connectivity index (χ0) is 21.5. The smallest absolute Gasteiger partial charge is 0.306 e. The Bertz CT molecular complexity index is 1550. The average Bonchev–Trinajstić information content (AvgIpc) is 3.34. The molecule has 31 heavy (non-hydrogen) atoms. The van der Waals surface area contributed by atoms with Gasteiger partial charge >= 0.3 is 5.69 Å². The van der Waals surface area contributed by atoms with Crippen molar-refractivity contribution < 1.29 is 0 Å². The Kier molecular flexibility index (Phi) is 4.43. The molecule has 7 heteroatoms. The second-order valence-corrected chi connectivity index (χ2v) is 7.46. The lowest BCUT2D eigenvalue weighted by Crippen LogP contribution is -2.37. The molecule has 0 bridgehead atoms. The molecule has 0 spiro atoms. The Balaban J connectivity index is 1.75. The number of aryl methyl sites for hydroxylation is 1. The van der Waals surface area contributed by atoms with Crippen molar-refractivity contribution in [2.45, 2.75) is 6.54 Å². The van der Waals surface area contributed by atoms with Gasteiger partial charge in [-0.3, -0.25) is 18.3 Å². The van der Waals surface area contributed by atoms with E-state index in [0.717, 1.165) is 21.4 Å². The second-order valence-electron chi connectivity index (χ2n) is 7.46. The van der Waals surface area contributed by atoms with Gasteiger partial charge in [-0.1, -0.05) is 72.8 Å². The van der Waals surface area contributed by atoms with Gasteiger partial charge in [0.2, 0.25) is 5.78 Å². The molecule has 5 aromatic rings. The molecule has 3 aromatic heterocycles. The van der Waals surface area contributed by atoms with Gasteiger partial charge in [0.15, 0.2) is 11.2 Å². The first-order valence-electron chi connectivity index (χ1n) is 10.0. The number of imidazole rings is 2.